The van der Waals surface area contributed by atoms with Gasteiger partial charge in [0.2, 0.25) is 0 Å². The predicted octanol–water partition coefficient (Wildman–Crippen LogP) is 8.42. The zero-order valence-electron chi connectivity index (χ0n) is 16.2. The lowest BCUT2D eigenvalue weighted by atomic mass is 9.77. The number of benzene rings is 1. The van der Waals surface area contributed by atoms with Crippen LogP contribution in [0.15, 0.2) is 24.3 Å². The van der Waals surface area contributed by atoms with Crippen LogP contribution in [-0.4, -0.2) is 23.3 Å². The highest BCUT2D eigenvalue weighted by molar-refractivity contribution is 7.99. The summed E-state index contributed by atoms with van der Waals surface area (Å²) in [6.07, 6.45) is -0.353. The fourth-order valence-corrected chi connectivity index (χ4v) is 4.55. The molecular formula is C20H23F9S. The molecule has 0 aromatic heterocycles. The second-order valence-electron chi connectivity index (χ2n) is 7.70. The molecule has 30 heavy (non-hydrogen) atoms. The third-order valence-electron chi connectivity index (χ3n) is 5.53. The smallest absolute Gasteiger partial charge is 0.191 e. The molecule has 0 amide bonds. The van der Waals surface area contributed by atoms with E-state index < -0.39 is 40.8 Å². The standard InChI is InChI=1S/C20H23F9S/c1-2-3-13-4-8-15(9-5-13)16-10-6-14(7-11-16)12-30-20(28,29)18(23,24)17(21,22)19(25,26)27/h6-7,10-11,13,15H,2-5,8-9,12H2,1H3. The third kappa shape index (κ3) is 5.22. The molecule has 1 aromatic carbocycles. The van der Waals surface area contributed by atoms with Crippen LogP contribution in [0.25, 0.3) is 0 Å². The normalized spacial score (nSPS) is 21.7. The van der Waals surface area contributed by atoms with Crippen molar-refractivity contribution in [3.05, 3.63) is 35.4 Å². The minimum Gasteiger partial charge on any atom is -0.191 e. The van der Waals surface area contributed by atoms with Crippen molar-refractivity contribution in [1.29, 1.82) is 0 Å². The van der Waals surface area contributed by atoms with Gasteiger partial charge >= 0.3 is 23.3 Å². The third-order valence-corrected chi connectivity index (χ3v) is 6.63. The lowest BCUT2D eigenvalue weighted by molar-refractivity contribution is -0.381. The van der Waals surface area contributed by atoms with Gasteiger partial charge in [-0.05, 0) is 48.6 Å². The Morgan fingerprint density at radius 3 is 1.80 bits per heavy atom. The van der Waals surface area contributed by atoms with Gasteiger partial charge in [0.25, 0.3) is 0 Å². The molecule has 1 aliphatic rings. The molecular weight excluding hydrogens is 443 g/mol. The maximum Gasteiger partial charge on any atom is 0.460 e. The first-order valence-electron chi connectivity index (χ1n) is 9.66. The lowest BCUT2D eigenvalue weighted by Gasteiger charge is -2.33. The molecule has 0 nitrogen and oxygen atoms in total. The summed E-state index contributed by atoms with van der Waals surface area (Å²) in [5.74, 6) is -13.3. The molecule has 0 heterocycles. The van der Waals surface area contributed by atoms with Crippen LogP contribution >= 0.6 is 11.8 Å². The largest absolute Gasteiger partial charge is 0.460 e. The molecule has 172 valence electrons. The van der Waals surface area contributed by atoms with Crippen LogP contribution in [-0.2, 0) is 5.75 Å². The minimum atomic E-state index is -6.85. The van der Waals surface area contributed by atoms with E-state index in [1.807, 2.05) is 0 Å². The SMILES string of the molecule is CCCC1CCC(c2ccc(CSC(F)(F)C(F)(F)C(F)(F)C(F)(F)F)cc2)CC1. The van der Waals surface area contributed by atoms with Crippen molar-refractivity contribution in [2.24, 2.45) is 5.92 Å². The summed E-state index contributed by atoms with van der Waals surface area (Å²) < 4.78 is 116. The van der Waals surface area contributed by atoms with Gasteiger partial charge in [0.05, 0.1) is 0 Å². The Morgan fingerprint density at radius 2 is 1.33 bits per heavy atom. The molecule has 0 radical (unpaired) electrons. The summed E-state index contributed by atoms with van der Waals surface area (Å²) in [6, 6.07) is 6.16. The van der Waals surface area contributed by atoms with Crippen molar-refractivity contribution in [2.45, 2.75) is 80.4 Å². The van der Waals surface area contributed by atoms with Gasteiger partial charge in [-0.2, -0.15) is 39.5 Å². The number of rotatable bonds is 8. The number of hydrogen-bond acceptors (Lipinski definition) is 1. The quantitative estimate of drug-likeness (QED) is 0.347. The van der Waals surface area contributed by atoms with Gasteiger partial charge in [0, 0.05) is 5.75 Å². The van der Waals surface area contributed by atoms with E-state index in [4.69, 9.17) is 0 Å². The molecule has 1 aromatic rings. The summed E-state index contributed by atoms with van der Waals surface area (Å²) >= 11 is -0.934. The van der Waals surface area contributed by atoms with Crippen LogP contribution in [0.1, 0.15) is 62.5 Å². The van der Waals surface area contributed by atoms with Gasteiger partial charge in [-0.25, -0.2) is 0 Å². The number of halogens is 9. The van der Waals surface area contributed by atoms with E-state index in [0.717, 1.165) is 37.7 Å². The van der Waals surface area contributed by atoms with E-state index in [-0.39, 0.29) is 5.56 Å². The maximum absolute atomic E-state index is 13.6. The summed E-state index contributed by atoms with van der Waals surface area (Å²) in [6.45, 7) is 2.13. The van der Waals surface area contributed by atoms with Crippen LogP contribution < -0.4 is 0 Å². The van der Waals surface area contributed by atoms with Crippen molar-refractivity contribution >= 4 is 11.8 Å². The Kier molecular flexibility index (Phi) is 7.73. The second-order valence-corrected chi connectivity index (χ2v) is 8.79. The Balaban J connectivity index is 1.99. The molecule has 0 saturated heterocycles. The van der Waals surface area contributed by atoms with Gasteiger partial charge in [0.1, 0.15) is 0 Å². The summed E-state index contributed by atoms with van der Waals surface area (Å²) in [7, 11) is 0. The van der Waals surface area contributed by atoms with Crippen molar-refractivity contribution in [3.8, 4) is 0 Å². The first kappa shape index (κ1) is 25.2. The van der Waals surface area contributed by atoms with Crippen molar-refractivity contribution in [2.75, 3.05) is 0 Å². The molecule has 1 aliphatic carbocycles. The fraction of sp³-hybridized carbons (Fsp3) is 0.700. The average molecular weight is 466 g/mol. The average Bonchev–Trinajstić information content (AvgIpc) is 2.66. The van der Waals surface area contributed by atoms with E-state index in [0.29, 0.717) is 11.8 Å². The molecule has 2 rings (SSSR count). The number of alkyl halides is 9. The van der Waals surface area contributed by atoms with Crippen LogP contribution in [0.4, 0.5) is 39.5 Å². The van der Waals surface area contributed by atoms with E-state index in [1.165, 1.54) is 18.6 Å². The molecule has 0 spiro atoms. The number of hydrogen-bond donors (Lipinski definition) is 0. The monoisotopic (exact) mass is 466 g/mol. The van der Waals surface area contributed by atoms with Crippen molar-refractivity contribution in [3.63, 3.8) is 0 Å². The van der Waals surface area contributed by atoms with Crippen LogP contribution in [0.5, 0.6) is 0 Å². The fourth-order valence-electron chi connectivity index (χ4n) is 3.70. The summed E-state index contributed by atoms with van der Waals surface area (Å²) in [5.41, 5.74) is 1.11. The summed E-state index contributed by atoms with van der Waals surface area (Å²) in [4.78, 5) is 0. The van der Waals surface area contributed by atoms with Crippen LogP contribution in [0.3, 0.4) is 0 Å². The van der Waals surface area contributed by atoms with Crippen molar-refractivity contribution < 1.29 is 39.5 Å². The Labute approximate surface area is 173 Å². The zero-order valence-corrected chi connectivity index (χ0v) is 17.0. The highest BCUT2D eigenvalue weighted by Gasteiger charge is 2.81. The highest BCUT2D eigenvalue weighted by Crippen LogP contribution is 2.57. The molecule has 0 unspecified atom stereocenters. The maximum atomic E-state index is 13.6. The molecule has 0 aliphatic heterocycles. The predicted molar refractivity (Wildman–Crippen MR) is 98.2 cm³/mol. The summed E-state index contributed by atoms with van der Waals surface area (Å²) in [5, 5.41) is -5.61. The molecule has 1 saturated carbocycles. The van der Waals surface area contributed by atoms with Crippen molar-refractivity contribution in [1.82, 2.24) is 0 Å². The Morgan fingerprint density at radius 1 is 0.800 bits per heavy atom. The zero-order chi connectivity index (χ0) is 22.8. The highest BCUT2D eigenvalue weighted by atomic mass is 32.2. The first-order valence-corrected chi connectivity index (χ1v) is 10.6. The minimum absolute atomic E-state index is 0.134. The van der Waals surface area contributed by atoms with E-state index >= 15 is 0 Å². The number of thioether (sulfide) groups is 1. The molecule has 0 N–H and O–H groups in total. The van der Waals surface area contributed by atoms with Crippen LogP contribution in [0.2, 0.25) is 0 Å². The van der Waals surface area contributed by atoms with E-state index in [1.54, 1.807) is 12.1 Å². The van der Waals surface area contributed by atoms with Gasteiger partial charge in [-0.15, -0.1) is 0 Å². The van der Waals surface area contributed by atoms with Gasteiger partial charge < -0.3 is 0 Å². The topological polar surface area (TPSA) is 0 Å². The molecule has 0 atom stereocenters. The molecule has 1 fully saturated rings. The van der Waals surface area contributed by atoms with Gasteiger partial charge in [0.15, 0.2) is 0 Å². The Bertz CT molecular complexity index is 675. The molecule has 10 heteroatoms. The lowest BCUT2D eigenvalue weighted by Crippen LogP contribution is -2.59. The van der Waals surface area contributed by atoms with Gasteiger partial charge in [-0.3, -0.25) is 0 Å². The van der Waals surface area contributed by atoms with Crippen LogP contribution in [0, 0.1) is 5.92 Å². The van der Waals surface area contributed by atoms with E-state index in [9.17, 15) is 39.5 Å². The van der Waals surface area contributed by atoms with E-state index in [2.05, 4.69) is 6.92 Å². The van der Waals surface area contributed by atoms with Gasteiger partial charge in [-0.1, -0.05) is 55.8 Å². The second kappa shape index (κ2) is 9.20. The first-order chi connectivity index (χ1) is 13.7. The Hall–Kier alpha value is -1.06. The molecule has 0 bridgehead atoms.